The number of amides is 1. The van der Waals surface area contributed by atoms with E-state index in [0.717, 1.165) is 15.8 Å². The van der Waals surface area contributed by atoms with E-state index in [-0.39, 0.29) is 16.8 Å². The highest BCUT2D eigenvalue weighted by Gasteiger charge is 2.20. The molecule has 1 heterocycles. The number of carbonyl (C=O) groups excluding carboxylic acids is 1. The maximum absolute atomic E-state index is 12.7. The van der Waals surface area contributed by atoms with E-state index in [9.17, 15) is 14.9 Å². The number of hydrogen-bond donors (Lipinski definition) is 1. The number of hydrazone groups is 1. The Morgan fingerprint density at radius 2 is 1.97 bits per heavy atom. The second-order valence-corrected chi connectivity index (χ2v) is 6.49. The molecule has 8 heteroatoms. The van der Waals surface area contributed by atoms with E-state index in [1.807, 2.05) is 25.1 Å². The summed E-state index contributed by atoms with van der Waals surface area (Å²) in [6.07, 6.45) is 1.46. The second kappa shape index (κ2) is 8.84. The van der Waals surface area contributed by atoms with Crippen molar-refractivity contribution < 1.29 is 9.53 Å². The van der Waals surface area contributed by atoms with Gasteiger partial charge in [0.1, 0.15) is 17.4 Å². The Morgan fingerprint density at radius 1 is 1.23 bits per heavy atom. The zero-order valence-corrected chi connectivity index (χ0v) is 16.7. The van der Waals surface area contributed by atoms with Gasteiger partial charge in [0, 0.05) is 5.56 Å². The second-order valence-electron chi connectivity index (χ2n) is 6.49. The van der Waals surface area contributed by atoms with Gasteiger partial charge in [-0.25, -0.2) is 5.43 Å². The van der Waals surface area contributed by atoms with Crippen LogP contribution in [0.5, 0.6) is 5.75 Å². The van der Waals surface area contributed by atoms with Gasteiger partial charge in [0.25, 0.3) is 11.5 Å². The van der Waals surface area contributed by atoms with Crippen molar-refractivity contribution in [3.8, 4) is 17.5 Å². The average molecular weight is 401 g/mol. The molecule has 0 atom stereocenters. The Bertz CT molecular complexity index is 1220. The third kappa shape index (κ3) is 4.25. The number of methoxy groups -OCH3 is 1. The first kappa shape index (κ1) is 20.5. The van der Waals surface area contributed by atoms with E-state index in [1.54, 1.807) is 43.5 Å². The fourth-order valence-corrected chi connectivity index (χ4v) is 2.75. The van der Waals surface area contributed by atoms with Gasteiger partial charge in [-0.3, -0.25) is 9.59 Å². The van der Waals surface area contributed by atoms with Gasteiger partial charge in [0.2, 0.25) is 0 Å². The van der Waals surface area contributed by atoms with Crippen molar-refractivity contribution in [1.29, 1.82) is 5.26 Å². The molecule has 0 saturated carbocycles. The predicted molar refractivity (Wildman–Crippen MR) is 112 cm³/mol. The molecule has 0 fully saturated rings. The Hall–Kier alpha value is -4.25. The summed E-state index contributed by atoms with van der Waals surface area (Å²) >= 11 is 0. The van der Waals surface area contributed by atoms with E-state index in [4.69, 9.17) is 4.74 Å². The zero-order chi connectivity index (χ0) is 21.7. The number of ether oxygens (including phenoxy) is 1. The van der Waals surface area contributed by atoms with Gasteiger partial charge in [-0.2, -0.15) is 20.1 Å². The Morgan fingerprint density at radius 3 is 2.63 bits per heavy atom. The molecule has 0 bridgehead atoms. The predicted octanol–water partition coefficient (Wildman–Crippen LogP) is 2.49. The van der Waals surface area contributed by atoms with Crippen LogP contribution < -0.4 is 15.7 Å². The summed E-state index contributed by atoms with van der Waals surface area (Å²) in [6.45, 7) is 3.42. The number of carbonyl (C=O) groups is 1. The summed E-state index contributed by atoms with van der Waals surface area (Å²) in [6, 6.07) is 16.0. The number of rotatable bonds is 5. The number of nitrogens with zero attached hydrogens (tertiary/aromatic N) is 4. The number of aromatic nitrogens is 2. The summed E-state index contributed by atoms with van der Waals surface area (Å²) in [7, 11) is 1.56. The van der Waals surface area contributed by atoms with Crippen LogP contribution in [-0.2, 0) is 0 Å². The van der Waals surface area contributed by atoms with Crippen molar-refractivity contribution in [3.05, 3.63) is 86.8 Å². The van der Waals surface area contributed by atoms with Crippen molar-refractivity contribution in [1.82, 2.24) is 15.2 Å². The Kier molecular flexibility index (Phi) is 6.03. The average Bonchev–Trinajstić information content (AvgIpc) is 2.75. The maximum Gasteiger partial charge on any atom is 0.292 e. The summed E-state index contributed by atoms with van der Waals surface area (Å²) < 4.78 is 6.19. The van der Waals surface area contributed by atoms with Crippen LogP contribution in [0.15, 0.2) is 58.4 Å². The molecule has 30 heavy (non-hydrogen) atoms. The minimum absolute atomic E-state index is 0.0606. The number of nitrogens with one attached hydrogen (secondary N) is 1. The Balaban J connectivity index is 1.94. The van der Waals surface area contributed by atoms with E-state index in [1.165, 1.54) is 13.1 Å². The van der Waals surface area contributed by atoms with Gasteiger partial charge in [-0.1, -0.05) is 29.8 Å². The molecule has 0 spiro atoms. The molecule has 1 amide bonds. The first-order valence-electron chi connectivity index (χ1n) is 9.03. The lowest BCUT2D eigenvalue weighted by molar-refractivity contribution is 0.0947. The molecule has 0 radical (unpaired) electrons. The first-order chi connectivity index (χ1) is 14.4. The van der Waals surface area contributed by atoms with Crippen LogP contribution in [0, 0.1) is 25.2 Å². The van der Waals surface area contributed by atoms with Crippen LogP contribution in [-0.4, -0.2) is 29.0 Å². The molecule has 2 aromatic carbocycles. The Labute approximate surface area is 173 Å². The first-order valence-corrected chi connectivity index (χ1v) is 9.03. The van der Waals surface area contributed by atoms with Crippen LogP contribution in [0.3, 0.4) is 0 Å². The lowest BCUT2D eigenvalue weighted by Crippen LogP contribution is -2.31. The topological polar surface area (TPSA) is 109 Å². The van der Waals surface area contributed by atoms with Crippen LogP contribution in [0.25, 0.3) is 5.69 Å². The lowest BCUT2D eigenvalue weighted by atomic mass is 10.1. The summed E-state index contributed by atoms with van der Waals surface area (Å²) in [5, 5.41) is 17.5. The molecule has 1 N–H and O–H groups in total. The van der Waals surface area contributed by atoms with Gasteiger partial charge in [0.05, 0.1) is 19.0 Å². The summed E-state index contributed by atoms with van der Waals surface area (Å²) in [5.41, 5.74) is 3.97. The molecule has 1 aromatic heterocycles. The fourth-order valence-electron chi connectivity index (χ4n) is 2.75. The molecule has 0 saturated heterocycles. The third-order valence-electron chi connectivity index (χ3n) is 4.42. The molecule has 8 nitrogen and oxygen atoms in total. The summed E-state index contributed by atoms with van der Waals surface area (Å²) in [4.78, 5) is 25.3. The maximum atomic E-state index is 12.7. The quantitative estimate of drug-likeness (QED) is 0.522. The smallest absolute Gasteiger partial charge is 0.292 e. The van der Waals surface area contributed by atoms with Gasteiger partial charge >= 0.3 is 0 Å². The van der Waals surface area contributed by atoms with E-state index in [2.05, 4.69) is 15.6 Å². The SMILES string of the molecule is COc1cccc(/C=N/NC(=O)c2nn(-c3ccc(C)cc3)c(=O)c(C#N)c2C)c1. The van der Waals surface area contributed by atoms with Crippen molar-refractivity contribution in [2.45, 2.75) is 13.8 Å². The van der Waals surface area contributed by atoms with E-state index in [0.29, 0.717) is 11.4 Å². The minimum atomic E-state index is -0.635. The highest BCUT2D eigenvalue weighted by molar-refractivity contribution is 5.94. The van der Waals surface area contributed by atoms with Gasteiger partial charge in [-0.05, 0) is 43.7 Å². The lowest BCUT2D eigenvalue weighted by Gasteiger charge is -2.10. The molecule has 0 unspecified atom stereocenters. The third-order valence-corrected chi connectivity index (χ3v) is 4.42. The molecule has 3 aromatic rings. The minimum Gasteiger partial charge on any atom is -0.497 e. The number of nitriles is 1. The van der Waals surface area contributed by atoms with E-state index < -0.39 is 11.5 Å². The van der Waals surface area contributed by atoms with Crippen LogP contribution in [0.2, 0.25) is 0 Å². The van der Waals surface area contributed by atoms with Gasteiger partial charge in [0.15, 0.2) is 5.69 Å². The van der Waals surface area contributed by atoms with Crippen molar-refractivity contribution in [2.24, 2.45) is 5.10 Å². The molecule has 3 rings (SSSR count). The molecule has 0 aliphatic carbocycles. The zero-order valence-electron chi connectivity index (χ0n) is 16.7. The van der Waals surface area contributed by atoms with E-state index >= 15 is 0 Å². The molecular formula is C22H19N5O3. The van der Waals surface area contributed by atoms with Gasteiger partial charge in [-0.15, -0.1) is 0 Å². The van der Waals surface area contributed by atoms with Crippen molar-refractivity contribution in [2.75, 3.05) is 7.11 Å². The molecular weight excluding hydrogens is 382 g/mol. The van der Waals surface area contributed by atoms with Gasteiger partial charge < -0.3 is 4.74 Å². The fraction of sp³-hybridized carbons (Fsp3) is 0.136. The monoisotopic (exact) mass is 401 g/mol. The number of benzene rings is 2. The highest BCUT2D eigenvalue weighted by Crippen LogP contribution is 2.12. The standard InChI is InChI=1S/C22H19N5O3/c1-14-7-9-17(10-8-14)27-22(29)19(12-23)15(2)20(26-27)21(28)25-24-13-16-5-4-6-18(11-16)30-3/h4-11,13H,1-3H3,(H,25,28)/b24-13+. The van der Waals surface area contributed by atoms with Crippen LogP contribution >= 0.6 is 0 Å². The molecule has 0 aliphatic rings. The van der Waals surface area contributed by atoms with Crippen molar-refractivity contribution in [3.63, 3.8) is 0 Å². The largest absolute Gasteiger partial charge is 0.497 e. The summed E-state index contributed by atoms with van der Waals surface area (Å²) in [5.74, 6) is 0.0237. The highest BCUT2D eigenvalue weighted by atomic mass is 16.5. The number of hydrogen-bond acceptors (Lipinski definition) is 6. The van der Waals surface area contributed by atoms with Crippen LogP contribution in [0.1, 0.15) is 32.7 Å². The normalized spacial score (nSPS) is 10.6. The number of aryl methyl sites for hydroxylation is 1. The van der Waals surface area contributed by atoms with Crippen molar-refractivity contribution >= 4 is 12.1 Å². The van der Waals surface area contributed by atoms with Crippen LogP contribution in [0.4, 0.5) is 0 Å². The molecule has 150 valence electrons. The molecule has 0 aliphatic heterocycles.